The average molecular weight is 152 g/mol. The summed E-state index contributed by atoms with van der Waals surface area (Å²) in [5.41, 5.74) is 6.81. The van der Waals surface area contributed by atoms with Gasteiger partial charge in [0.2, 0.25) is 0 Å². The average Bonchev–Trinajstić information content (AvgIpc) is 2.50. The van der Waals surface area contributed by atoms with Crippen LogP contribution in [0.2, 0.25) is 0 Å². The summed E-state index contributed by atoms with van der Waals surface area (Å²) in [7, 11) is 0. The van der Waals surface area contributed by atoms with Crippen LogP contribution < -0.4 is 5.73 Å². The number of hydrogen-bond donors (Lipinski definition) is 1. The number of aryl methyl sites for hydroxylation is 1. The van der Waals surface area contributed by atoms with Crippen molar-refractivity contribution in [3.63, 3.8) is 0 Å². The first-order chi connectivity index (χ1) is 5.40. The van der Waals surface area contributed by atoms with Gasteiger partial charge >= 0.3 is 0 Å². The van der Waals surface area contributed by atoms with E-state index in [1.165, 1.54) is 12.1 Å². The summed E-state index contributed by atoms with van der Waals surface area (Å²) < 4.78 is 1.96. The fourth-order valence-corrected chi connectivity index (χ4v) is 1.51. The summed E-state index contributed by atoms with van der Waals surface area (Å²) in [5, 5.41) is 7.81. The first-order valence-electron chi connectivity index (χ1n) is 3.97. The highest BCUT2D eigenvalue weighted by Gasteiger charge is 2.17. The van der Waals surface area contributed by atoms with Gasteiger partial charge in [0, 0.05) is 6.54 Å². The quantitative estimate of drug-likeness (QED) is 0.606. The normalized spacial score (nSPS) is 23.2. The van der Waals surface area contributed by atoms with Crippen molar-refractivity contribution in [2.45, 2.75) is 19.4 Å². The number of aromatic nitrogens is 3. The van der Waals surface area contributed by atoms with E-state index in [1.807, 2.05) is 10.9 Å². The molecular weight excluding hydrogens is 140 g/mol. The zero-order valence-electron chi connectivity index (χ0n) is 6.40. The molecule has 11 heavy (non-hydrogen) atoms. The van der Waals surface area contributed by atoms with Crippen molar-refractivity contribution in [2.24, 2.45) is 11.7 Å². The molecule has 0 spiro atoms. The van der Waals surface area contributed by atoms with Crippen LogP contribution in [0.5, 0.6) is 0 Å². The molecule has 0 radical (unpaired) electrons. The van der Waals surface area contributed by atoms with Crippen molar-refractivity contribution >= 4 is 0 Å². The Hall–Kier alpha value is -0.900. The summed E-state index contributed by atoms with van der Waals surface area (Å²) in [6.45, 7) is 1.71. The fraction of sp³-hybridized carbons (Fsp3) is 0.714. The van der Waals surface area contributed by atoms with Crippen LogP contribution >= 0.6 is 0 Å². The van der Waals surface area contributed by atoms with Crippen molar-refractivity contribution in [1.82, 2.24) is 15.0 Å². The van der Waals surface area contributed by atoms with Crippen molar-refractivity contribution in [3.8, 4) is 0 Å². The maximum Gasteiger partial charge on any atom is 0.0725 e. The molecular formula is C7H12N4. The third-order valence-electron chi connectivity index (χ3n) is 2.27. The molecule has 0 amide bonds. The van der Waals surface area contributed by atoms with Gasteiger partial charge in [-0.15, -0.1) is 5.10 Å². The Balaban J connectivity index is 2.18. The molecule has 1 aliphatic heterocycles. The number of rotatable bonds is 1. The van der Waals surface area contributed by atoms with Crippen LogP contribution in [0.4, 0.5) is 0 Å². The molecule has 0 bridgehead atoms. The maximum absolute atomic E-state index is 5.57. The van der Waals surface area contributed by atoms with Gasteiger partial charge in [-0.05, 0) is 25.3 Å². The minimum atomic E-state index is 0.601. The van der Waals surface area contributed by atoms with Crippen molar-refractivity contribution in [1.29, 1.82) is 0 Å². The minimum Gasteiger partial charge on any atom is -0.330 e. The van der Waals surface area contributed by atoms with Gasteiger partial charge < -0.3 is 5.73 Å². The first kappa shape index (κ1) is 6.79. The zero-order chi connectivity index (χ0) is 7.68. The van der Waals surface area contributed by atoms with Gasteiger partial charge in [-0.25, -0.2) is 4.68 Å². The SMILES string of the molecule is NCC1CCc2cnnn2C1. The molecule has 0 fully saturated rings. The van der Waals surface area contributed by atoms with Crippen LogP contribution in [-0.4, -0.2) is 21.5 Å². The molecule has 0 aromatic carbocycles. The lowest BCUT2D eigenvalue weighted by Gasteiger charge is -2.20. The third kappa shape index (κ3) is 1.14. The van der Waals surface area contributed by atoms with Gasteiger partial charge in [0.05, 0.1) is 11.9 Å². The topological polar surface area (TPSA) is 56.7 Å². The Bertz CT molecular complexity index is 242. The van der Waals surface area contributed by atoms with E-state index in [-0.39, 0.29) is 0 Å². The van der Waals surface area contributed by atoms with E-state index in [1.54, 1.807) is 0 Å². The summed E-state index contributed by atoms with van der Waals surface area (Å²) >= 11 is 0. The van der Waals surface area contributed by atoms with E-state index in [4.69, 9.17) is 5.73 Å². The van der Waals surface area contributed by atoms with E-state index in [0.717, 1.165) is 19.5 Å². The molecule has 1 unspecified atom stereocenters. The van der Waals surface area contributed by atoms with E-state index < -0.39 is 0 Å². The molecule has 2 rings (SSSR count). The molecule has 0 saturated heterocycles. The third-order valence-corrected chi connectivity index (χ3v) is 2.27. The Labute approximate surface area is 65.4 Å². The summed E-state index contributed by atoms with van der Waals surface area (Å²) in [6.07, 6.45) is 4.10. The second kappa shape index (κ2) is 2.62. The number of fused-ring (bicyclic) bond motifs is 1. The van der Waals surface area contributed by atoms with Crippen molar-refractivity contribution in [2.75, 3.05) is 6.54 Å². The van der Waals surface area contributed by atoms with Gasteiger partial charge in [0.25, 0.3) is 0 Å². The Morgan fingerprint density at radius 2 is 2.64 bits per heavy atom. The molecule has 0 saturated carbocycles. The highest BCUT2D eigenvalue weighted by atomic mass is 15.4. The minimum absolute atomic E-state index is 0.601. The highest BCUT2D eigenvalue weighted by molar-refractivity contribution is 4.97. The zero-order valence-corrected chi connectivity index (χ0v) is 6.40. The van der Waals surface area contributed by atoms with Crippen LogP contribution in [0.3, 0.4) is 0 Å². The molecule has 0 aliphatic carbocycles. The van der Waals surface area contributed by atoms with Crippen molar-refractivity contribution in [3.05, 3.63) is 11.9 Å². The Morgan fingerprint density at radius 3 is 3.45 bits per heavy atom. The maximum atomic E-state index is 5.57. The molecule has 4 nitrogen and oxygen atoms in total. The van der Waals surface area contributed by atoms with Gasteiger partial charge in [-0.3, -0.25) is 0 Å². The molecule has 4 heteroatoms. The van der Waals surface area contributed by atoms with Crippen molar-refractivity contribution < 1.29 is 0 Å². The molecule has 2 N–H and O–H groups in total. The number of hydrogen-bond acceptors (Lipinski definition) is 3. The highest BCUT2D eigenvalue weighted by Crippen LogP contribution is 2.16. The second-order valence-electron chi connectivity index (χ2n) is 3.05. The van der Waals surface area contributed by atoms with Crippen LogP contribution in [-0.2, 0) is 13.0 Å². The predicted octanol–water partition coefficient (Wildman–Crippen LogP) is -0.201. The Kier molecular flexibility index (Phi) is 1.62. The summed E-state index contributed by atoms with van der Waals surface area (Å²) in [4.78, 5) is 0. The van der Waals surface area contributed by atoms with E-state index >= 15 is 0 Å². The first-order valence-corrected chi connectivity index (χ1v) is 3.97. The second-order valence-corrected chi connectivity index (χ2v) is 3.05. The summed E-state index contributed by atoms with van der Waals surface area (Å²) in [6, 6.07) is 0. The van der Waals surface area contributed by atoms with E-state index in [9.17, 15) is 0 Å². The van der Waals surface area contributed by atoms with E-state index in [0.29, 0.717) is 5.92 Å². The lowest BCUT2D eigenvalue weighted by Crippen LogP contribution is -2.26. The molecule has 1 atom stereocenters. The van der Waals surface area contributed by atoms with Crippen LogP contribution in [0.15, 0.2) is 6.20 Å². The number of nitrogens with zero attached hydrogens (tertiary/aromatic N) is 3. The molecule has 1 aliphatic rings. The molecule has 60 valence electrons. The largest absolute Gasteiger partial charge is 0.330 e. The molecule has 1 aromatic rings. The standard InChI is InChI=1S/C7H12N4/c8-3-6-1-2-7-4-9-10-11(7)5-6/h4,6H,1-3,5,8H2. The lowest BCUT2D eigenvalue weighted by atomic mass is 9.99. The lowest BCUT2D eigenvalue weighted by molar-refractivity contribution is 0.350. The predicted molar refractivity (Wildman–Crippen MR) is 40.9 cm³/mol. The van der Waals surface area contributed by atoms with Crippen LogP contribution in [0.25, 0.3) is 0 Å². The van der Waals surface area contributed by atoms with Gasteiger partial charge in [-0.2, -0.15) is 0 Å². The van der Waals surface area contributed by atoms with Crippen LogP contribution in [0.1, 0.15) is 12.1 Å². The van der Waals surface area contributed by atoms with Gasteiger partial charge in [0.1, 0.15) is 0 Å². The van der Waals surface area contributed by atoms with Gasteiger partial charge in [0.15, 0.2) is 0 Å². The Morgan fingerprint density at radius 1 is 1.73 bits per heavy atom. The fourth-order valence-electron chi connectivity index (χ4n) is 1.51. The molecule has 1 aromatic heterocycles. The molecule has 2 heterocycles. The van der Waals surface area contributed by atoms with Crippen LogP contribution in [0, 0.1) is 5.92 Å². The monoisotopic (exact) mass is 152 g/mol. The smallest absolute Gasteiger partial charge is 0.0725 e. The van der Waals surface area contributed by atoms with Gasteiger partial charge in [-0.1, -0.05) is 5.21 Å². The number of nitrogens with two attached hydrogens (primary N) is 1. The summed E-state index contributed by atoms with van der Waals surface area (Å²) in [5.74, 6) is 0.601. The van der Waals surface area contributed by atoms with E-state index in [2.05, 4.69) is 10.3 Å².